The molecule has 0 spiro atoms. The molecule has 348 valence electrons. The van der Waals surface area contributed by atoms with Crippen LogP contribution in [0, 0.1) is 0 Å². The second-order valence-corrected chi connectivity index (χ2v) is 18.1. The molecule has 0 saturated heterocycles. The molecule has 3 unspecified atom stereocenters. The highest BCUT2D eigenvalue weighted by Crippen LogP contribution is 2.16. The molecule has 0 aromatic carbocycles. The van der Waals surface area contributed by atoms with Gasteiger partial charge in [-0.3, -0.25) is 4.79 Å². The molecule has 0 radical (unpaired) electrons. The summed E-state index contributed by atoms with van der Waals surface area (Å²) < 4.78 is 0. The number of aliphatic hydroxyl groups excluding tert-OH is 3. The zero-order valence-corrected chi connectivity index (χ0v) is 39.6. The standard InChI is InChI=1S/C54H103NO4/c1-3-5-7-9-11-13-15-17-19-20-21-22-23-24-25-26-27-28-29-30-31-32-34-35-37-39-41-43-45-47-51(57)49-54(59)55-52(50-56)53(58)48-46-44-42-40-38-36-33-18-16-14-12-10-8-6-4-2/h21-22,24-25,46,48,51-53,56-58H,3-20,23,26-45,47,49-50H2,1-2H3,(H,55,59)/b22-21-,25-24-,48-46+. The van der Waals surface area contributed by atoms with Crippen LogP contribution in [-0.2, 0) is 4.79 Å². The first-order valence-corrected chi connectivity index (χ1v) is 26.3. The van der Waals surface area contributed by atoms with Crippen molar-refractivity contribution in [2.45, 2.75) is 295 Å². The number of aliphatic hydroxyl groups is 3. The molecule has 4 N–H and O–H groups in total. The Morgan fingerprint density at radius 3 is 1.12 bits per heavy atom. The van der Waals surface area contributed by atoms with Gasteiger partial charge in [-0.05, 0) is 51.4 Å². The van der Waals surface area contributed by atoms with Crippen molar-refractivity contribution in [3.63, 3.8) is 0 Å². The summed E-state index contributed by atoms with van der Waals surface area (Å²) in [5.41, 5.74) is 0. The van der Waals surface area contributed by atoms with Gasteiger partial charge in [-0.2, -0.15) is 0 Å². The molecule has 0 saturated carbocycles. The summed E-state index contributed by atoms with van der Waals surface area (Å²) in [7, 11) is 0. The minimum Gasteiger partial charge on any atom is -0.394 e. The van der Waals surface area contributed by atoms with Gasteiger partial charge in [-0.25, -0.2) is 0 Å². The van der Waals surface area contributed by atoms with Crippen LogP contribution in [0.15, 0.2) is 36.5 Å². The van der Waals surface area contributed by atoms with Crippen molar-refractivity contribution in [2.24, 2.45) is 0 Å². The smallest absolute Gasteiger partial charge is 0.222 e. The van der Waals surface area contributed by atoms with Crippen molar-refractivity contribution in [2.75, 3.05) is 6.61 Å². The summed E-state index contributed by atoms with van der Waals surface area (Å²) in [6.45, 7) is 4.23. The zero-order valence-electron chi connectivity index (χ0n) is 39.6. The van der Waals surface area contributed by atoms with Crippen LogP contribution in [0.1, 0.15) is 277 Å². The van der Waals surface area contributed by atoms with E-state index in [9.17, 15) is 20.1 Å². The van der Waals surface area contributed by atoms with Crippen molar-refractivity contribution in [3.05, 3.63) is 36.5 Å². The fourth-order valence-electron chi connectivity index (χ4n) is 8.14. The number of carbonyl (C=O) groups is 1. The van der Waals surface area contributed by atoms with E-state index in [0.717, 1.165) is 32.1 Å². The first kappa shape index (κ1) is 57.6. The fourth-order valence-corrected chi connectivity index (χ4v) is 8.14. The van der Waals surface area contributed by atoms with E-state index >= 15 is 0 Å². The van der Waals surface area contributed by atoms with Crippen LogP contribution >= 0.6 is 0 Å². The van der Waals surface area contributed by atoms with E-state index in [1.165, 1.54) is 218 Å². The molecule has 5 nitrogen and oxygen atoms in total. The van der Waals surface area contributed by atoms with E-state index in [4.69, 9.17) is 0 Å². The normalized spacial score (nSPS) is 13.6. The fraction of sp³-hybridized carbons (Fsp3) is 0.870. The van der Waals surface area contributed by atoms with Gasteiger partial charge in [-0.1, -0.05) is 256 Å². The Kier molecular flexibility index (Phi) is 48.0. The van der Waals surface area contributed by atoms with Gasteiger partial charge in [0.15, 0.2) is 0 Å². The highest BCUT2D eigenvalue weighted by molar-refractivity contribution is 5.76. The molecule has 59 heavy (non-hydrogen) atoms. The molecule has 0 aromatic heterocycles. The van der Waals surface area contributed by atoms with Crippen LogP contribution in [0.3, 0.4) is 0 Å². The summed E-state index contributed by atoms with van der Waals surface area (Å²) in [6, 6.07) is -0.744. The zero-order chi connectivity index (χ0) is 43.0. The Balaban J connectivity index is 3.56. The van der Waals surface area contributed by atoms with E-state index in [1.807, 2.05) is 6.08 Å². The third-order valence-electron chi connectivity index (χ3n) is 12.2. The van der Waals surface area contributed by atoms with Crippen molar-refractivity contribution in [1.29, 1.82) is 0 Å². The van der Waals surface area contributed by atoms with Gasteiger partial charge in [-0.15, -0.1) is 0 Å². The molecule has 0 bridgehead atoms. The first-order chi connectivity index (χ1) is 29.0. The lowest BCUT2D eigenvalue weighted by Gasteiger charge is -2.21. The average molecular weight is 830 g/mol. The molecule has 0 aliphatic rings. The molecule has 0 heterocycles. The number of carbonyl (C=O) groups excluding carboxylic acids is 1. The molecule has 0 fully saturated rings. The minimum atomic E-state index is -0.928. The van der Waals surface area contributed by atoms with Gasteiger partial charge in [0.25, 0.3) is 0 Å². The molecular formula is C54H103NO4. The lowest BCUT2D eigenvalue weighted by atomic mass is 10.0. The monoisotopic (exact) mass is 830 g/mol. The molecule has 1 amide bonds. The third-order valence-corrected chi connectivity index (χ3v) is 12.2. The van der Waals surface area contributed by atoms with Gasteiger partial charge in [0.2, 0.25) is 5.91 Å². The molecule has 0 aliphatic carbocycles. The van der Waals surface area contributed by atoms with Crippen LogP contribution in [0.4, 0.5) is 0 Å². The third kappa shape index (κ3) is 45.9. The maximum Gasteiger partial charge on any atom is 0.222 e. The van der Waals surface area contributed by atoms with Crippen LogP contribution in [-0.4, -0.2) is 46.1 Å². The lowest BCUT2D eigenvalue weighted by molar-refractivity contribution is -0.124. The first-order valence-electron chi connectivity index (χ1n) is 26.3. The number of rotatable bonds is 48. The van der Waals surface area contributed by atoms with E-state index in [1.54, 1.807) is 6.08 Å². The van der Waals surface area contributed by atoms with Crippen LogP contribution in [0.2, 0.25) is 0 Å². The summed E-state index contributed by atoms with van der Waals surface area (Å²) >= 11 is 0. The van der Waals surface area contributed by atoms with Crippen LogP contribution < -0.4 is 5.32 Å². The predicted molar refractivity (Wildman–Crippen MR) is 259 cm³/mol. The Bertz CT molecular complexity index is 916. The van der Waals surface area contributed by atoms with Gasteiger partial charge in [0.1, 0.15) is 0 Å². The summed E-state index contributed by atoms with van der Waals surface area (Å²) in [6.07, 6.45) is 63.2. The van der Waals surface area contributed by atoms with E-state index in [-0.39, 0.29) is 18.9 Å². The maximum atomic E-state index is 12.5. The quantitative estimate of drug-likeness (QED) is 0.0363. The molecular weight excluding hydrogens is 727 g/mol. The SMILES string of the molecule is CCCCCCCCCCC/C=C\C/C=C\CCCCCCCCCCCCCCCC(O)CC(=O)NC(CO)C(O)/C=C/CCCCCCCCCCCCCCC. The summed E-state index contributed by atoms with van der Waals surface area (Å²) in [5.74, 6) is -0.314. The van der Waals surface area contributed by atoms with Crippen molar-refractivity contribution in [3.8, 4) is 0 Å². The molecule has 0 aliphatic heterocycles. The lowest BCUT2D eigenvalue weighted by Crippen LogP contribution is -2.45. The van der Waals surface area contributed by atoms with E-state index in [2.05, 4.69) is 43.5 Å². The Hall–Kier alpha value is -1.43. The molecule has 0 rings (SSSR count). The Morgan fingerprint density at radius 2 is 0.763 bits per heavy atom. The highest BCUT2D eigenvalue weighted by atomic mass is 16.3. The van der Waals surface area contributed by atoms with Gasteiger partial charge < -0.3 is 20.6 Å². The number of hydrogen-bond acceptors (Lipinski definition) is 4. The van der Waals surface area contributed by atoms with Crippen molar-refractivity contribution in [1.82, 2.24) is 5.32 Å². The highest BCUT2D eigenvalue weighted by Gasteiger charge is 2.20. The minimum absolute atomic E-state index is 0.0142. The molecule has 5 heteroatoms. The largest absolute Gasteiger partial charge is 0.394 e. The maximum absolute atomic E-state index is 12.5. The van der Waals surface area contributed by atoms with E-state index in [0.29, 0.717) is 6.42 Å². The van der Waals surface area contributed by atoms with Gasteiger partial charge >= 0.3 is 0 Å². The Labute approximate surface area is 368 Å². The van der Waals surface area contributed by atoms with Gasteiger partial charge in [0, 0.05) is 0 Å². The second-order valence-electron chi connectivity index (χ2n) is 18.1. The van der Waals surface area contributed by atoms with Crippen molar-refractivity contribution < 1.29 is 20.1 Å². The van der Waals surface area contributed by atoms with Crippen LogP contribution in [0.25, 0.3) is 0 Å². The number of nitrogens with one attached hydrogen (secondary N) is 1. The number of unbranched alkanes of at least 4 members (excludes halogenated alkanes) is 35. The number of amides is 1. The molecule has 0 aromatic rings. The van der Waals surface area contributed by atoms with E-state index < -0.39 is 18.2 Å². The van der Waals surface area contributed by atoms with Crippen LogP contribution in [0.5, 0.6) is 0 Å². The summed E-state index contributed by atoms with van der Waals surface area (Å²) in [5, 5.41) is 33.3. The average Bonchev–Trinajstić information content (AvgIpc) is 3.23. The molecule has 3 atom stereocenters. The summed E-state index contributed by atoms with van der Waals surface area (Å²) in [4.78, 5) is 12.5. The van der Waals surface area contributed by atoms with Crippen molar-refractivity contribution >= 4 is 5.91 Å². The Morgan fingerprint density at radius 1 is 0.441 bits per heavy atom. The van der Waals surface area contributed by atoms with Gasteiger partial charge in [0.05, 0.1) is 31.3 Å². The number of hydrogen-bond donors (Lipinski definition) is 4. The second kappa shape index (κ2) is 49.2. The number of allylic oxidation sites excluding steroid dienone is 5. The predicted octanol–water partition coefficient (Wildman–Crippen LogP) is 15.9. The topological polar surface area (TPSA) is 89.8 Å².